The second kappa shape index (κ2) is 6.79. The summed E-state index contributed by atoms with van der Waals surface area (Å²) in [6.07, 6.45) is 2.77. The summed E-state index contributed by atoms with van der Waals surface area (Å²) in [5.74, 6) is 0.850. The van der Waals surface area contributed by atoms with Crippen molar-refractivity contribution in [2.45, 2.75) is 25.7 Å². The summed E-state index contributed by atoms with van der Waals surface area (Å²) in [6, 6.07) is 11.9. The lowest BCUT2D eigenvalue weighted by molar-refractivity contribution is 0.0962. The molecule has 1 aromatic carbocycles. The van der Waals surface area contributed by atoms with Crippen molar-refractivity contribution in [1.29, 1.82) is 0 Å². The smallest absolute Gasteiger partial charge is 0.221 e. The molecule has 0 radical (unpaired) electrons. The molecule has 0 fully saturated rings. The quantitative estimate of drug-likeness (QED) is 0.770. The largest absolute Gasteiger partial charge is 0.481 e. The van der Waals surface area contributed by atoms with Crippen LogP contribution in [0.1, 0.15) is 39.6 Å². The summed E-state index contributed by atoms with van der Waals surface area (Å²) in [6.45, 7) is 1.81. The van der Waals surface area contributed by atoms with E-state index in [4.69, 9.17) is 10.5 Å². The molecule has 136 valence electrons. The van der Waals surface area contributed by atoms with Gasteiger partial charge in [0.1, 0.15) is 0 Å². The highest BCUT2D eigenvalue weighted by atomic mass is 16.5. The Labute approximate surface area is 157 Å². The summed E-state index contributed by atoms with van der Waals surface area (Å²) < 4.78 is 5.44. The molecule has 0 amide bonds. The first-order valence-electron chi connectivity index (χ1n) is 8.83. The van der Waals surface area contributed by atoms with Crippen molar-refractivity contribution in [2.75, 3.05) is 12.8 Å². The molecule has 4 rings (SSSR count). The van der Waals surface area contributed by atoms with Crippen LogP contribution in [0, 0.1) is 6.92 Å². The topological polar surface area (TPSA) is 91.0 Å². The Morgan fingerprint density at radius 3 is 2.67 bits per heavy atom. The minimum atomic E-state index is 0.0137. The Bertz CT molecular complexity index is 1030. The number of nitrogens with zero attached hydrogens (tertiary/aromatic N) is 3. The Kier molecular flexibility index (Phi) is 4.32. The molecule has 0 saturated carbocycles. The van der Waals surface area contributed by atoms with Gasteiger partial charge in [0.05, 0.1) is 24.1 Å². The number of carbonyl (C=O) groups is 1. The summed E-state index contributed by atoms with van der Waals surface area (Å²) in [7, 11) is 1.61. The number of nitrogen functional groups attached to an aromatic ring is 1. The van der Waals surface area contributed by atoms with Crippen molar-refractivity contribution in [3.05, 3.63) is 65.1 Å². The van der Waals surface area contributed by atoms with Crippen LogP contribution in [0.2, 0.25) is 0 Å². The van der Waals surface area contributed by atoms with Gasteiger partial charge in [0.2, 0.25) is 11.8 Å². The molecular weight excluding hydrogens is 340 g/mol. The summed E-state index contributed by atoms with van der Waals surface area (Å²) in [5, 5.41) is 0. The lowest BCUT2D eigenvalue weighted by Gasteiger charge is -2.26. The zero-order valence-corrected chi connectivity index (χ0v) is 15.3. The van der Waals surface area contributed by atoms with E-state index < -0.39 is 0 Å². The maximum Gasteiger partial charge on any atom is 0.221 e. The average molecular weight is 360 g/mol. The molecule has 6 heteroatoms. The Morgan fingerprint density at radius 2 is 1.85 bits per heavy atom. The van der Waals surface area contributed by atoms with E-state index in [-0.39, 0.29) is 17.6 Å². The van der Waals surface area contributed by atoms with Crippen LogP contribution >= 0.6 is 0 Å². The van der Waals surface area contributed by atoms with E-state index in [9.17, 15) is 4.79 Å². The van der Waals surface area contributed by atoms with Crippen molar-refractivity contribution in [3.63, 3.8) is 0 Å². The van der Waals surface area contributed by atoms with E-state index >= 15 is 0 Å². The zero-order valence-electron chi connectivity index (χ0n) is 15.3. The van der Waals surface area contributed by atoms with Gasteiger partial charge in [-0.15, -0.1) is 0 Å². The highest BCUT2D eigenvalue weighted by Gasteiger charge is 2.31. The molecule has 0 saturated heterocycles. The first kappa shape index (κ1) is 17.1. The van der Waals surface area contributed by atoms with Gasteiger partial charge < -0.3 is 10.5 Å². The fourth-order valence-corrected chi connectivity index (χ4v) is 3.87. The van der Waals surface area contributed by atoms with Gasteiger partial charge in [-0.05, 0) is 42.5 Å². The van der Waals surface area contributed by atoms with Gasteiger partial charge in [-0.25, -0.2) is 15.0 Å². The van der Waals surface area contributed by atoms with E-state index in [0.717, 1.165) is 22.4 Å². The predicted octanol–water partition coefficient (Wildman–Crippen LogP) is 3.35. The molecule has 2 heterocycles. The number of hydrogen-bond acceptors (Lipinski definition) is 6. The summed E-state index contributed by atoms with van der Waals surface area (Å²) in [4.78, 5) is 25.6. The van der Waals surface area contributed by atoms with Gasteiger partial charge in [0.15, 0.2) is 5.78 Å². The standard InChI is InChI=1S/C21H20N4O2/c1-12-19-17(25-21(22)24-12)10-13(11-18(19)26)14-6-3-4-7-15(14)16-8-5-9-23-20(16)27-2/h3-9,13H,10-11H2,1-2H3,(H2,22,24,25). The molecule has 0 aliphatic heterocycles. The van der Waals surface area contributed by atoms with Gasteiger partial charge in [-0.2, -0.15) is 0 Å². The van der Waals surface area contributed by atoms with Gasteiger partial charge in [0, 0.05) is 18.2 Å². The summed E-state index contributed by atoms with van der Waals surface area (Å²) in [5.41, 5.74) is 10.8. The second-order valence-corrected chi connectivity index (χ2v) is 6.66. The molecule has 0 spiro atoms. The molecule has 6 nitrogen and oxygen atoms in total. The number of hydrogen-bond donors (Lipinski definition) is 1. The lowest BCUT2D eigenvalue weighted by Crippen LogP contribution is -2.23. The first-order valence-corrected chi connectivity index (χ1v) is 8.83. The third-order valence-corrected chi connectivity index (χ3v) is 4.99. The number of benzene rings is 1. The first-order chi connectivity index (χ1) is 13.1. The van der Waals surface area contributed by atoms with Crippen LogP contribution in [-0.4, -0.2) is 27.8 Å². The second-order valence-electron chi connectivity index (χ2n) is 6.66. The molecule has 27 heavy (non-hydrogen) atoms. The van der Waals surface area contributed by atoms with Crippen LogP contribution in [0.15, 0.2) is 42.6 Å². The van der Waals surface area contributed by atoms with E-state index in [2.05, 4.69) is 21.0 Å². The van der Waals surface area contributed by atoms with Gasteiger partial charge in [-0.1, -0.05) is 24.3 Å². The number of carbonyl (C=O) groups excluding carboxylic acids is 1. The number of fused-ring (bicyclic) bond motifs is 1. The van der Waals surface area contributed by atoms with Crippen LogP contribution in [0.5, 0.6) is 5.88 Å². The van der Waals surface area contributed by atoms with Crippen molar-refractivity contribution in [3.8, 4) is 17.0 Å². The lowest BCUT2D eigenvalue weighted by atomic mass is 9.79. The van der Waals surface area contributed by atoms with Crippen LogP contribution in [-0.2, 0) is 6.42 Å². The Morgan fingerprint density at radius 1 is 1.07 bits per heavy atom. The van der Waals surface area contributed by atoms with Crippen molar-refractivity contribution < 1.29 is 9.53 Å². The SMILES string of the molecule is COc1ncccc1-c1ccccc1C1CC(=O)c2c(C)nc(N)nc2C1. The molecule has 2 aromatic heterocycles. The van der Waals surface area contributed by atoms with E-state index in [1.54, 1.807) is 13.3 Å². The van der Waals surface area contributed by atoms with Gasteiger partial charge >= 0.3 is 0 Å². The van der Waals surface area contributed by atoms with Crippen LogP contribution in [0.3, 0.4) is 0 Å². The zero-order chi connectivity index (χ0) is 19.0. The minimum Gasteiger partial charge on any atom is -0.481 e. The van der Waals surface area contributed by atoms with Crippen molar-refractivity contribution in [2.24, 2.45) is 0 Å². The Balaban J connectivity index is 1.81. The molecule has 2 N–H and O–H groups in total. The maximum atomic E-state index is 12.8. The van der Waals surface area contributed by atoms with E-state index in [0.29, 0.717) is 30.0 Å². The monoisotopic (exact) mass is 360 g/mol. The maximum absolute atomic E-state index is 12.8. The number of aryl methyl sites for hydroxylation is 1. The minimum absolute atomic E-state index is 0.0137. The van der Waals surface area contributed by atoms with E-state index in [1.165, 1.54) is 0 Å². The molecule has 3 aromatic rings. The fraction of sp³-hybridized carbons (Fsp3) is 0.238. The molecular formula is C21H20N4O2. The van der Waals surface area contributed by atoms with Crippen LogP contribution in [0.25, 0.3) is 11.1 Å². The van der Waals surface area contributed by atoms with Gasteiger partial charge in [-0.3, -0.25) is 4.79 Å². The number of ether oxygens (including phenoxy) is 1. The molecule has 0 bridgehead atoms. The molecule has 1 unspecified atom stereocenters. The fourth-order valence-electron chi connectivity index (χ4n) is 3.87. The number of ketones is 1. The number of rotatable bonds is 3. The average Bonchev–Trinajstić information content (AvgIpc) is 2.67. The third kappa shape index (κ3) is 3.03. The van der Waals surface area contributed by atoms with Crippen molar-refractivity contribution in [1.82, 2.24) is 15.0 Å². The Hall–Kier alpha value is -3.28. The normalized spacial score (nSPS) is 16.1. The highest BCUT2D eigenvalue weighted by Crippen LogP contribution is 2.39. The number of Topliss-reactive ketones (excluding diaryl/α,β-unsaturated/α-hetero) is 1. The number of aromatic nitrogens is 3. The number of anilines is 1. The third-order valence-electron chi connectivity index (χ3n) is 4.99. The predicted molar refractivity (Wildman–Crippen MR) is 103 cm³/mol. The summed E-state index contributed by atoms with van der Waals surface area (Å²) >= 11 is 0. The van der Waals surface area contributed by atoms with Crippen molar-refractivity contribution >= 4 is 11.7 Å². The van der Waals surface area contributed by atoms with Gasteiger partial charge in [0.25, 0.3) is 0 Å². The number of methoxy groups -OCH3 is 1. The van der Waals surface area contributed by atoms with E-state index in [1.807, 2.05) is 37.3 Å². The van der Waals surface area contributed by atoms with Crippen LogP contribution < -0.4 is 10.5 Å². The number of nitrogens with two attached hydrogens (primary N) is 1. The number of pyridine rings is 1. The molecule has 1 atom stereocenters. The highest BCUT2D eigenvalue weighted by molar-refractivity contribution is 6.00. The van der Waals surface area contributed by atoms with Crippen LogP contribution in [0.4, 0.5) is 5.95 Å². The molecule has 1 aliphatic carbocycles. The molecule has 1 aliphatic rings.